The number of nitrogens with two attached hydrogens (primary N) is 1. The lowest BCUT2D eigenvalue weighted by Crippen LogP contribution is -2.11. The molecule has 0 saturated carbocycles. The SMILES string of the molecule is COc1cc(S(=O)(=O)CCO)c(OC)cc1N=Nc1c(S(=O)(=O)O)cc2cc(S(=O)(=O)O)c(N=Nc3cc(OC)c(S(=O)(=O)CCO)cc3OC)c(O)c2c1N. The molecular formula is C30H33N5O17S4. The van der Waals surface area contributed by atoms with Crippen molar-refractivity contribution in [2.75, 3.05) is 58.9 Å². The van der Waals surface area contributed by atoms with Crippen molar-refractivity contribution in [3.05, 3.63) is 36.4 Å². The summed E-state index contributed by atoms with van der Waals surface area (Å²) in [7, 11) is -14.3. The number of benzene rings is 4. The Hall–Kier alpha value is -5.22. The molecule has 0 aliphatic carbocycles. The quantitative estimate of drug-likeness (QED) is 0.0535. The Balaban J connectivity index is 2.03. The van der Waals surface area contributed by atoms with Crippen LogP contribution in [0.2, 0.25) is 0 Å². The fourth-order valence-corrected chi connectivity index (χ4v) is 8.84. The van der Waals surface area contributed by atoms with E-state index in [2.05, 4.69) is 20.5 Å². The molecule has 0 spiro atoms. The maximum Gasteiger partial charge on any atom is 0.296 e. The van der Waals surface area contributed by atoms with Crippen molar-refractivity contribution in [2.24, 2.45) is 20.5 Å². The molecular weight excluding hydrogens is 831 g/mol. The van der Waals surface area contributed by atoms with Gasteiger partial charge in [-0.1, -0.05) is 0 Å². The minimum atomic E-state index is -5.31. The Morgan fingerprint density at radius 3 is 1.29 bits per heavy atom. The summed E-state index contributed by atoms with van der Waals surface area (Å²) in [5, 5.41) is 44.2. The van der Waals surface area contributed by atoms with Gasteiger partial charge in [0.05, 0.1) is 64.2 Å². The van der Waals surface area contributed by atoms with E-state index in [1.165, 1.54) is 0 Å². The molecule has 4 rings (SSSR count). The Labute approximate surface area is 319 Å². The van der Waals surface area contributed by atoms with E-state index in [0.29, 0.717) is 12.1 Å². The number of ether oxygens (including phenoxy) is 4. The zero-order valence-corrected chi connectivity index (χ0v) is 32.7. The van der Waals surface area contributed by atoms with E-state index in [1.54, 1.807) is 0 Å². The third-order valence-electron chi connectivity index (χ3n) is 7.71. The van der Waals surface area contributed by atoms with Gasteiger partial charge in [-0.25, -0.2) is 16.8 Å². The number of nitrogens with zero attached hydrogens (tertiary/aromatic N) is 4. The summed E-state index contributed by atoms with van der Waals surface area (Å²) in [5.74, 6) is -3.55. The first kappa shape index (κ1) is 43.5. The number of phenolic OH excluding ortho intramolecular Hbond substituents is 1. The van der Waals surface area contributed by atoms with Gasteiger partial charge in [0, 0.05) is 24.3 Å². The molecule has 4 aromatic carbocycles. The molecule has 0 bridgehead atoms. The van der Waals surface area contributed by atoms with Crippen LogP contribution < -0.4 is 24.7 Å². The first-order chi connectivity index (χ1) is 26.1. The summed E-state index contributed by atoms with van der Waals surface area (Å²) in [6.07, 6.45) is 0. The summed E-state index contributed by atoms with van der Waals surface area (Å²) < 4.78 is 142. The van der Waals surface area contributed by atoms with Gasteiger partial charge < -0.3 is 40.0 Å². The maximum atomic E-state index is 12.7. The first-order valence-electron chi connectivity index (χ1n) is 15.2. The van der Waals surface area contributed by atoms with E-state index in [9.17, 15) is 58.1 Å². The van der Waals surface area contributed by atoms with E-state index in [-0.39, 0.29) is 34.4 Å². The number of hydrogen-bond donors (Lipinski definition) is 6. The maximum absolute atomic E-state index is 12.7. The van der Waals surface area contributed by atoms with Crippen molar-refractivity contribution in [1.29, 1.82) is 0 Å². The topological polar surface area (TPSA) is 350 Å². The van der Waals surface area contributed by atoms with Crippen LogP contribution in [0.25, 0.3) is 10.8 Å². The van der Waals surface area contributed by atoms with Crippen LogP contribution in [0.3, 0.4) is 0 Å². The zero-order chi connectivity index (χ0) is 42.0. The van der Waals surface area contributed by atoms with Gasteiger partial charge in [0.2, 0.25) is 0 Å². The number of sulfone groups is 2. The smallest absolute Gasteiger partial charge is 0.296 e. The van der Waals surface area contributed by atoms with Gasteiger partial charge >= 0.3 is 0 Å². The molecule has 22 nitrogen and oxygen atoms in total. The summed E-state index contributed by atoms with van der Waals surface area (Å²) in [5.41, 5.74) is 3.16. The number of methoxy groups -OCH3 is 4. The molecule has 0 amide bonds. The Bertz CT molecular complexity index is 2540. The minimum Gasteiger partial charge on any atom is -0.505 e. The van der Waals surface area contributed by atoms with Crippen LogP contribution in [0.4, 0.5) is 28.4 Å². The van der Waals surface area contributed by atoms with Crippen molar-refractivity contribution in [3.63, 3.8) is 0 Å². The molecule has 304 valence electrons. The van der Waals surface area contributed by atoms with Crippen LogP contribution in [0.15, 0.2) is 76.4 Å². The fraction of sp³-hybridized carbons (Fsp3) is 0.267. The van der Waals surface area contributed by atoms with Gasteiger partial charge in [-0.3, -0.25) is 9.11 Å². The predicted octanol–water partition coefficient (Wildman–Crippen LogP) is 3.02. The molecule has 56 heavy (non-hydrogen) atoms. The van der Waals surface area contributed by atoms with Gasteiger partial charge in [0.25, 0.3) is 20.2 Å². The van der Waals surface area contributed by atoms with Crippen LogP contribution >= 0.6 is 0 Å². The summed E-state index contributed by atoms with van der Waals surface area (Å²) >= 11 is 0. The first-order valence-corrected chi connectivity index (χ1v) is 21.4. The highest BCUT2D eigenvalue weighted by Crippen LogP contribution is 2.49. The third kappa shape index (κ3) is 8.76. The standard InChI is InChI=1S/C30H33N5O17S4/c1-49-18-13-22(53(39,40)7-5-36)20(51-3)11-16(18)32-34-28-24(55(43,44)45)9-15-10-25(56(46,47)48)29(30(38)26(15)27(28)31)35-33-17-12-21(52-4)23(14-19(17)50-2)54(41,42)8-6-37/h9-14,36-38H,5-8,31H2,1-4H3,(H,43,44,45)(H,46,47,48). The molecule has 7 N–H and O–H groups in total. The average Bonchev–Trinajstić information content (AvgIpc) is 3.11. The van der Waals surface area contributed by atoms with E-state index in [4.69, 9.17) is 24.7 Å². The minimum absolute atomic E-state index is 0.242. The van der Waals surface area contributed by atoms with Crippen molar-refractivity contribution in [2.45, 2.75) is 19.6 Å². The summed E-state index contributed by atoms with van der Waals surface area (Å²) in [6.45, 7) is -1.44. The van der Waals surface area contributed by atoms with Crippen LogP contribution in [0, 0.1) is 0 Å². The van der Waals surface area contributed by atoms with Gasteiger partial charge in [0.15, 0.2) is 25.4 Å². The molecule has 0 aliphatic rings. The largest absolute Gasteiger partial charge is 0.505 e. The number of aliphatic hydroxyl groups excluding tert-OH is 2. The number of anilines is 1. The van der Waals surface area contributed by atoms with Crippen molar-refractivity contribution in [3.8, 4) is 28.7 Å². The molecule has 0 aliphatic heterocycles. The molecule has 0 saturated heterocycles. The predicted molar refractivity (Wildman–Crippen MR) is 195 cm³/mol. The molecule has 0 radical (unpaired) electrons. The Morgan fingerprint density at radius 1 is 0.554 bits per heavy atom. The lowest BCUT2D eigenvalue weighted by atomic mass is 10.1. The number of rotatable bonds is 16. The van der Waals surface area contributed by atoms with Gasteiger partial charge in [-0.05, 0) is 17.5 Å². The normalized spacial score (nSPS) is 12.8. The average molecular weight is 864 g/mol. The van der Waals surface area contributed by atoms with Crippen LogP contribution in [-0.2, 0) is 39.9 Å². The van der Waals surface area contributed by atoms with Crippen molar-refractivity contribution < 1.29 is 77.0 Å². The molecule has 0 atom stereocenters. The second-order valence-corrected chi connectivity index (χ2v) is 18.0. The molecule has 26 heteroatoms. The lowest BCUT2D eigenvalue weighted by molar-refractivity contribution is 0.318. The highest BCUT2D eigenvalue weighted by Gasteiger charge is 2.29. The number of hydrogen-bond acceptors (Lipinski definition) is 20. The number of phenols is 1. The van der Waals surface area contributed by atoms with E-state index < -0.39 is 118 Å². The molecule has 0 unspecified atom stereocenters. The highest BCUT2D eigenvalue weighted by atomic mass is 32.2. The fourth-order valence-electron chi connectivity index (χ4n) is 5.12. The monoisotopic (exact) mass is 863 g/mol. The molecule has 0 heterocycles. The van der Waals surface area contributed by atoms with Crippen molar-refractivity contribution >= 4 is 79.1 Å². The van der Waals surface area contributed by atoms with Gasteiger partial charge in [-0.15, -0.1) is 20.5 Å². The Morgan fingerprint density at radius 2 is 0.929 bits per heavy atom. The van der Waals surface area contributed by atoms with E-state index in [1.807, 2.05) is 0 Å². The van der Waals surface area contributed by atoms with E-state index in [0.717, 1.165) is 52.7 Å². The number of azo groups is 2. The molecule has 0 aromatic heterocycles. The number of aliphatic hydroxyl groups is 2. The second-order valence-electron chi connectivity index (χ2n) is 11.1. The van der Waals surface area contributed by atoms with Crippen LogP contribution in [0.5, 0.6) is 28.7 Å². The van der Waals surface area contributed by atoms with E-state index >= 15 is 0 Å². The number of aromatic hydroxyl groups is 1. The number of fused-ring (bicyclic) bond motifs is 1. The highest BCUT2D eigenvalue weighted by molar-refractivity contribution is 7.91. The Kier molecular flexibility index (Phi) is 12.8. The zero-order valence-electron chi connectivity index (χ0n) is 29.4. The van der Waals surface area contributed by atoms with Crippen LogP contribution in [0.1, 0.15) is 0 Å². The van der Waals surface area contributed by atoms with Crippen molar-refractivity contribution in [1.82, 2.24) is 0 Å². The van der Waals surface area contributed by atoms with Gasteiger partial charge in [0.1, 0.15) is 65.3 Å². The molecule has 0 fully saturated rings. The summed E-state index contributed by atoms with van der Waals surface area (Å²) in [6, 6.07) is 5.35. The molecule has 4 aromatic rings. The summed E-state index contributed by atoms with van der Waals surface area (Å²) in [4.78, 5) is -3.00. The second kappa shape index (κ2) is 16.5. The third-order valence-corrected chi connectivity index (χ3v) is 12.9. The number of nitrogen functional groups attached to an aromatic ring is 1. The van der Waals surface area contributed by atoms with Gasteiger partial charge in [-0.2, -0.15) is 16.8 Å². The lowest BCUT2D eigenvalue weighted by Gasteiger charge is -2.15. The van der Waals surface area contributed by atoms with Crippen LogP contribution in [-0.4, -0.2) is 111 Å².